The van der Waals surface area contributed by atoms with Gasteiger partial charge in [0.05, 0.1) is 13.2 Å². The molecule has 0 aromatic heterocycles. The zero-order chi connectivity index (χ0) is 11.9. The van der Waals surface area contributed by atoms with Gasteiger partial charge in [-0.05, 0) is 43.4 Å². The Morgan fingerprint density at radius 3 is 2.69 bits per heavy atom. The molecule has 16 heavy (non-hydrogen) atoms. The van der Waals surface area contributed by atoms with Crippen LogP contribution in [0.15, 0.2) is 12.1 Å². The Bertz CT molecular complexity index is 407. The van der Waals surface area contributed by atoms with Gasteiger partial charge in [-0.1, -0.05) is 13.8 Å². The van der Waals surface area contributed by atoms with Gasteiger partial charge in [-0.25, -0.2) is 0 Å². The zero-order valence-electron chi connectivity index (χ0n) is 10.8. The van der Waals surface area contributed by atoms with Crippen LogP contribution in [-0.4, -0.2) is 13.2 Å². The van der Waals surface area contributed by atoms with E-state index >= 15 is 0 Å². The molecular formula is C14H20O2. The van der Waals surface area contributed by atoms with Crippen LogP contribution in [0.25, 0.3) is 0 Å². The van der Waals surface area contributed by atoms with Gasteiger partial charge in [0.2, 0.25) is 0 Å². The summed E-state index contributed by atoms with van der Waals surface area (Å²) in [7, 11) is 1.72. The summed E-state index contributed by atoms with van der Waals surface area (Å²) in [5.74, 6) is 1.96. The molecule has 2 rings (SSSR count). The van der Waals surface area contributed by atoms with Crippen molar-refractivity contribution in [3.63, 3.8) is 0 Å². The maximum atomic E-state index is 5.89. The van der Waals surface area contributed by atoms with E-state index in [0.717, 1.165) is 23.5 Å². The highest BCUT2D eigenvalue weighted by molar-refractivity contribution is 5.50. The topological polar surface area (TPSA) is 18.5 Å². The largest absolute Gasteiger partial charge is 0.496 e. The van der Waals surface area contributed by atoms with E-state index in [-0.39, 0.29) is 11.5 Å². The second-order valence-corrected chi connectivity index (χ2v) is 5.33. The lowest BCUT2D eigenvalue weighted by Gasteiger charge is -2.36. The van der Waals surface area contributed by atoms with Crippen molar-refractivity contribution >= 4 is 0 Å². The molecule has 1 aliphatic rings. The first-order valence-corrected chi connectivity index (χ1v) is 5.80. The lowest BCUT2D eigenvalue weighted by atomic mass is 9.77. The van der Waals surface area contributed by atoms with E-state index in [1.807, 2.05) is 0 Å². The average Bonchev–Trinajstić information content (AvgIpc) is 2.15. The van der Waals surface area contributed by atoms with Gasteiger partial charge < -0.3 is 9.47 Å². The molecule has 0 fully saturated rings. The van der Waals surface area contributed by atoms with Gasteiger partial charge in [-0.2, -0.15) is 0 Å². The minimum atomic E-state index is 0.161. The normalized spacial score (nSPS) is 22.2. The fraction of sp³-hybridized carbons (Fsp3) is 0.571. The number of rotatable bonds is 1. The van der Waals surface area contributed by atoms with Gasteiger partial charge in [0.15, 0.2) is 0 Å². The van der Waals surface area contributed by atoms with Crippen molar-refractivity contribution in [3.05, 3.63) is 23.3 Å². The third-order valence-corrected chi connectivity index (χ3v) is 3.35. The molecule has 1 unspecified atom stereocenters. The number of benzene rings is 1. The Labute approximate surface area is 97.6 Å². The van der Waals surface area contributed by atoms with Crippen molar-refractivity contribution in [1.82, 2.24) is 0 Å². The van der Waals surface area contributed by atoms with Crippen LogP contribution in [0, 0.1) is 6.92 Å². The summed E-state index contributed by atoms with van der Waals surface area (Å²) in [6.07, 6.45) is 1.34. The van der Waals surface area contributed by atoms with Crippen LogP contribution in [0.3, 0.4) is 0 Å². The number of fused-ring (bicyclic) bond motifs is 1. The summed E-state index contributed by atoms with van der Waals surface area (Å²) in [6, 6.07) is 4.21. The summed E-state index contributed by atoms with van der Waals surface area (Å²) in [5.41, 5.74) is 2.55. The molecule has 1 aromatic carbocycles. The predicted molar refractivity (Wildman–Crippen MR) is 65.5 cm³/mol. The van der Waals surface area contributed by atoms with Crippen LogP contribution < -0.4 is 9.47 Å². The number of methoxy groups -OCH3 is 1. The molecule has 1 aromatic rings. The first-order chi connectivity index (χ1) is 7.44. The van der Waals surface area contributed by atoms with E-state index in [1.54, 1.807) is 7.11 Å². The Morgan fingerprint density at radius 1 is 1.38 bits per heavy atom. The molecule has 88 valence electrons. The molecule has 0 bridgehead atoms. The lowest BCUT2D eigenvalue weighted by Crippen LogP contribution is -2.32. The van der Waals surface area contributed by atoms with Crippen molar-refractivity contribution in [3.8, 4) is 11.5 Å². The minimum Gasteiger partial charge on any atom is -0.496 e. The molecule has 2 nitrogen and oxygen atoms in total. The van der Waals surface area contributed by atoms with Crippen LogP contribution in [0.1, 0.15) is 38.3 Å². The van der Waals surface area contributed by atoms with Crippen LogP contribution >= 0.6 is 0 Å². The fourth-order valence-corrected chi connectivity index (χ4v) is 2.59. The van der Waals surface area contributed by atoms with E-state index < -0.39 is 0 Å². The lowest BCUT2D eigenvalue weighted by molar-refractivity contribution is 0.150. The number of hydrogen-bond acceptors (Lipinski definition) is 2. The van der Waals surface area contributed by atoms with Crippen LogP contribution in [-0.2, 0) is 5.41 Å². The second kappa shape index (κ2) is 3.69. The standard InChI is InChI=1S/C14H20O2/c1-9-6-13-11(7-12(9)15-5)14(3,4)8-10(2)16-13/h6-7,10H,8H2,1-5H3. The average molecular weight is 220 g/mol. The van der Waals surface area contributed by atoms with Gasteiger partial charge in [-0.15, -0.1) is 0 Å². The molecule has 0 spiro atoms. The number of aryl methyl sites for hydroxylation is 1. The first kappa shape index (κ1) is 11.3. The predicted octanol–water partition coefficient (Wildman–Crippen LogP) is 3.45. The van der Waals surface area contributed by atoms with Crippen LogP contribution in [0.2, 0.25) is 0 Å². The van der Waals surface area contributed by atoms with Crippen molar-refractivity contribution in [2.24, 2.45) is 0 Å². The molecule has 0 saturated heterocycles. The minimum absolute atomic E-state index is 0.161. The van der Waals surface area contributed by atoms with Crippen LogP contribution in [0.4, 0.5) is 0 Å². The van der Waals surface area contributed by atoms with E-state index in [9.17, 15) is 0 Å². The number of ether oxygens (including phenoxy) is 2. The van der Waals surface area contributed by atoms with Crippen LogP contribution in [0.5, 0.6) is 11.5 Å². The highest BCUT2D eigenvalue weighted by Crippen LogP contribution is 2.43. The van der Waals surface area contributed by atoms with Gasteiger partial charge in [-0.3, -0.25) is 0 Å². The molecule has 0 saturated carbocycles. The summed E-state index contributed by atoms with van der Waals surface area (Å²) < 4.78 is 11.3. The molecule has 1 aliphatic heterocycles. The van der Waals surface area contributed by atoms with E-state index in [0.29, 0.717) is 0 Å². The monoisotopic (exact) mass is 220 g/mol. The Morgan fingerprint density at radius 2 is 2.06 bits per heavy atom. The van der Waals surface area contributed by atoms with Crippen molar-refractivity contribution < 1.29 is 9.47 Å². The Hall–Kier alpha value is -1.18. The third-order valence-electron chi connectivity index (χ3n) is 3.35. The first-order valence-electron chi connectivity index (χ1n) is 5.80. The molecule has 0 aliphatic carbocycles. The summed E-state index contributed by atoms with van der Waals surface area (Å²) >= 11 is 0. The molecule has 0 radical (unpaired) electrons. The van der Waals surface area contributed by atoms with E-state index in [2.05, 4.69) is 39.8 Å². The fourth-order valence-electron chi connectivity index (χ4n) is 2.59. The quantitative estimate of drug-likeness (QED) is 0.721. The Balaban J connectivity index is 2.56. The van der Waals surface area contributed by atoms with E-state index in [4.69, 9.17) is 9.47 Å². The molecular weight excluding hydrogens is 200 g/mol. The summed E-state index contributed by atoms with van der Waals surface area (Å²) in [6.45, 7) is 8.71. The van der Waals surface area contributed by atoms with Gasteiger partial charge in [0.1, 0.15) is 11.5 Å². The highest BCUT2D eigenvalue weighted by Gasteiger charge is 2.33. The molecule has 0 N–H and O–H groups in total. The smallest absolute Gasteiger partial charge is 0.123 e. The zero-order valence-corrected chi connectivity index (χ0v) is 10.8. The van der Waals surface area contributed by atoms with Gasteiger partial charge in [0, 0.05) is 5.56 Å². The molecule has 1 atom stereocenters. The van der Waals surface area contributed by atoms with Crippen molar-refractivity contribution in [2.45, 2.75) is 45.6 Å². The summed E-state index contributed by atoms with van der Waals surface area (Å²) in [5, 5.41) is 0. The second-order valence-electron chi connectivity index (χ2n) is 5.33. The molecule has 2 heteroatoms. The third kappa shape index (κ3) is 1.77. The maximum Gasteiger partial charge on any atom is 0.123 e. The Kier molecular flexibility index (Phi) is 2.61. The van der Waals surface area contributed by atoms with Crippen molar-refractivity contribution in [1.29, 1.82) is 0 Å². The van der Waals surface area contributed by atoms with Crippen molar-refractivity contribution in [2.75, 3.05) is 7.11 Å². The molecule has 0 amide bonds. The van der Waals surface area contributed by atoms with E-state index in [1.165, 1.54) is 5.56 Å². The maximum absolute atomic E-state index is 5.89. The SMILES string of the molecule is COc1cc2c(cc1C)OC(C)CC2(C)C. The highest BCUT2D eigenvalue weighted by atomic mass is 16.5. The summed E-state index contributed by atoms with van der Waals surface area (Å²) in [4.78, 5) is 0. The van der Waals surface area contributed by atoms with Gasteiger partial charge >= 0.3 is 0 Å². The van der Waals surface area contributed by atoms with Gasteiger partial charge in [0.25, 0.3) is 0 Å². The number of hydrogen-bond donors (Lipinski definition) is 0. The molecule has 1 heterocycles.